The highest BCUT2D eigenvalue weighted by atomic mass is 79.9. The van der Waals surface area contributed by atoms with Gasteiger partial charge in [-0.15, -0.1) is 0 Å². The summed E-state index contributed by atoms with van der Waals surface area (Å²) in [6.07, 6.45) is 1.64. The predicted octanol–water partition coefficient (Wildman–Crippen LogP) is 3.07. The van der Waals surface area contributed by atoms with Gasteiger partial charge in [-0.2, -0.15) is 0 Å². The van der Waals surface area contributed by atoms with Crippen LogP contribution in [0.4, 0.5) is 0 Å². The zero-order valence-electron chi connectivity index (χ0n) is 3.97. The van der Waals surface area contributed by atoms with Gasteiger partial charge in [-0.1, -0.05) is 31.9 Å². The third-order valence-electron chi connectivity index (χ3n) is 0.758. The smallest absolute Gasteiger partial charge is 0.128 e. The van der Waals surface area contributed by atoms with Gasteiger partial charge in [0.2, 0.25) is 0 Å². The molecule has 0 amide bonds. The fourth-order valence-electron chi connectivity index (χ4n) is 0.415. The monoisotopic (exact) mass is 238 g/mol. The van der Waals surface area contributed by atoms with Gasteiger partial charge in [0, 0.05) is 0 Å². The molecule has 8 heavy (non-hydrogen) atoms. The third kappa shape index (κ3) is 1.36. The van der Waals surface area contributed by atoms with E-state index in [4.69, 9.17) is 4.42 Å². The molecule has 0 unspecified atom stereocenters. The average Bonchev–Trinajstić information content (AvgIpc) is 2.12. The Kier molecular flexibility index (Phi) is 2.14. The molecular weight excluding hydrogens is 236 g/mol. The number of alkyl halides is 2. The summed E-state index contributed by atoms with van der Waals surface area (Å²) in [5, 5.41) is 0. The number of rotatable bonds is 1. The van der Waals surface area contributed by atoms with Crippen LogP contribution in [0.1, 0.15) is 9.50 Å². The van der Waals surface area contributed by atoms with Gasteiger partial charge in [0.1, 0.15) is 9.50 Å². The molecule has 0 aliphatic heterocycles. The number of hydrogen-bond donors (Lipinski definition) is 0. The van der Waals surface area contributed by atoms with Gasteiger partial charge in [0.25, 0.3) is 0 Å². The van der Waals surface area contributed by atoms with Crippen LogP contribution in [0.5, 0.6) is 0 Å². The van der Waals surface area contributed by atoms with Crippen LogP contribution < -0.4 is 0 Å². The molecule has 0 aliphatic carbocycles. The van der Waals surface area contributed by atoms with E-state index in [1.54, 1.807) is 6.26 Å². The van der Waals surface area contributed by atoms with Crippen molar-refractivity contribution in [2.75, 3.05) is 0 Å². The first-order chi connectivity index (χ1) is 3.80. The van der Waals surface area contributed by atoms with Crippen molar-refractivity contribution in [1.29, 1.82) is 0 Å². The second-order valence-electron chi connectivity index (χ2n) is 1.32. The molecule has 1 heterocycles. The summed E-state index contributed by atoms with van der Waals surface area (Å²) in [5.41, 5.74) is 0. The molecule has 3 heteroatoms. The van der Waals surface area contributed by atoms with Gasteiger partial charge < -0.3 is 4.42 Å². The Hall–Kier alpha value is 0.240. The van der Waals surface area contributed by atoms with Crippen molar-refractivity contribution in [3.8, 4) is 0 Å². The van der Waals surface area contributed by atoms with Crippen LogP contribution in [0.15, 0.2) is 22.8 Å². The van der Waals surface area contributed by atoms with Gasteiger partial charge in [0.15, 0.2) is 0 Å². The van der Waals surface area contributed by atoms with Crippen molar-refractivity contribution < 1.29 is 4.42 Å². The molecule has 0 fully saturated rings. The Morgan fingerprint density at radius 1 is 1.50 bits per heavy atom. The van der Waals surface area contributed by atoms with Crippen LogP contribution in [0.2, 0.25) is 0 Å². The molecule has 1 aromatic rings. The average molecular weight is 240 g/mol. The van der Waals surface area contributed by atoms with Crippen molar-refractivity contribution in [2.24, 2.45) is 0 Å². The SMILES string of the molecule is BrC(Br)c1ccco1. The lowest BCUT2D eigenvalue weighted by Gasteiger charge is -1.90. The van der Waals surface area contributed by atoms with Crippen molar-refractivity contribution in [2.45, 2.75) is 3.74 Å². The molecule has 1 rings (SSSR count). The number of halogens is 2. The van der Waals surface area contributed by atoms with E-state index < -0.39 is 0 Å². The van der Waals surface area contributed by atoms with Crippen LogP contribution in [-0.2, 0) is 0 Å². The van der Waals surface area contributed by atoms with E-state index in [9.17, 15) is 0 Å². The second-order valence-corrected chi connectivity index (χ2v) is 4.38. The Balaban J connectivity index is 2.77. The molecule has 0 N–H and O–H groups in total. The van der Waals surface area contributed by atoms with Crippen LogP contribution in [0.3, 0.4) is 0 Å². The van der Waals surface area contributed by atoms with Crippen LogP contribution in [0.25, 0.3) is 0 Å². The van der Waals surface area contributed by atoms with Crippen LogP contribution >= 0.6 is 31.9 Å². The molecule has 0 radical (unpaired) electrons. The Bertz CT molecular complexity index is 145. The first-order valence-electron chi connectivity index (χ1n) is 2.12. The first-order valence-corrected chi connectivity index (χ1v) is 3.95. The molecule has 0 saturated carbocycles. The first kappa shape index (κ1) is 6.36. The second kappa shape index (κ2) is 2.69. The van der Waals surface area contributed by atoms with E-state index in [1.807, 2.05) is 12.1 Å². The molecular formula is C5H4Br2O. The summed E-state index contributed by atoms with van der Waals surface area (Å²) >= 11 is 6.57. The molecule has 0 aromatic carbocycles. The fourth-order valence-corrected chi connectivity index (χ4v) is 0.936. The highest BCUT2D eigenvalue weighted by Gasteiger charge is 2.02. The van der Waals surface area contributed by atoms with Gasteiger partial charge in [-0.05, 0) is 12.1 Å². The topological polar surface area (TPSA) is 13.1 Å². The summed E-state index contributed by atoms with van der Waals surface area (Å²) in [6, 6.07) is 3.75. The van der Waals surface area contributed by atoms with Gasteiger partial charge in [0.05, 0.1) is 6.26 Å². The molecule has 44 valence electrons. The minimum Gasteiger partial charge on any atom is -0.467 e. The molecule has 0 aliphatic rings. The zero-order chi connectivity index (χ0) is 5.98. The molecule has 1 nitrogen and oxygen atoms in total. The van der Waals surface area contributed by atoms with Crippen molar-refractivity contribution in [1.82, 2.24) is 0 Å². The Morgan fingerprint density at radius 3 is 2.50 bits per heavy atom. The lowest BCUT2D eigenvalue weighted by molar-refractivity contribution is 0.530. The summed E-state index contributed by atoms with van der Waals surface area (Å²) in [5.74, 6) is 0.894. The molecule has 0 bridgehead atoms. The predicted molar refractivity (Wildman–Crippen MR) is 39.3 cm³/mol. The zero-order valence-corrected chi connectivity index (χ0v) is 7.15. The van der Waals surface area contributed by atoms with E-state index in [0.29, 0.717) is 0 Å². The van der Waals surface area contributed by atoms with Gasteiger partial charge in [-0.3, -0.25) is 0 Å². The summed E-state index contributed by atoms with van der Waals surface area (Å²) in [7, 11) is 0. The van der Waals surface area contributed by atoms with Crippen molar-refractivity contribution in [3.05, 3.63) is 24.2 Å². The molecule has 1 aromatic heterocycles. The number of hydrogen-bond acceptors (Lipinski definition) is 1. The van der Waals surface area contributed by atoms with Crippen molar-refractivity contribution >= 4 is 31.9 Å². The minimum absolute atomic E-state index is 0.144. The molecule has 0 atom stereocenters. The Morgan fingerprint density at radius 2 is 2.25 bits per heavy atom. The van der Waals surface area contributed by atoms with Gasteiger partial charge in [-0.25, -0.2) is 0 Å². The summed E-state index contributed by atoms with van der Waals surface area (Å²) < 4.78 is 5.14. The van der Waals surface area contributed by atoms with E-state index in [2.05, 4.69) is 31.9 Å². The minimum atomic E-state index is 0.144. The summed E-state index contributed by atoms with van der Waals surface area (Å²) in [4.78, 5) is 0. The lowest BCUT2D eigenvalue weighted by atomic mass is 10.5. The van der Waals surface area contributed by atoms with E-state index in [-0.39, 0.29) is 3.74 Å². The van der Waals surface area contributed by atoms with Crippen molar-refractivity contribution in [3.63, 3.8) is 0 Å². The maximum absolute atomic E-state index is 5.00. The largest absolute Gasteiger partial charge is 0.467 e. The lowest BCUT2D eigenvalue weighted by Crippen LogP contribution is -1.69. The standard InChI is InChI=1S/C5H4Br2O/c6-5(7)4-2-1-3-8-4/h1-3,5H. The van der Waals surface area contributed by atoms with Crippen LogP contribution in [0, 0.1) is 0 Å². The van der Waals surface area contributed by atoms with E-state index >= 15 is 0 Å². The maximum atomic E-state index is 5.00. The highest BCUT2D eigenvalue weighted by Crippen LogP contribution is 2.28. The molecule has 0 spiro atoms. The summed E-state index contributed by atoms with van der Waals surface area (Å²) in [6.45, 7) is 0. The van der Waals surface area contributed by atoms with E-state index in [1.165, 1.54) is 0 Å². The van der Waals surface area contributed by atoms with Crippen LogP contribution in [-0.4, -0.2) is 0 Å². The highest BCUT2D eigenvalue weighted by molar-refractivity contribution is 9.24. The normalized spacial score (nSPS) is 10.4. The quantitative estimate of drug-likeness (QED) is 0.687. The molecule has 0 saturated heterocycles. The third-order valence-corrected chi connectivity index (χ3v) is 1.66. The van der Waals surface area contributed by atoms with E-state index in [0.717, 1.165) is 5.76 Å². The fraction of sp³-hybridized carbons (Fsp3) is 0.200. The van der Waals surface area contributed by atoms with Gasteiger partial charge >= 0.3 is 0 Å². The maximum Gasteiger partial charge on any atom is 0.128 e. The number of furan rings is 1. The Labute approximate surface area is 64.3 Å².